The van der Waals surface area contributed by atoms with Gasteiger partial charge >= 0.3 is 0 Å². The third kappa shape index (κ3) is 3.06. The lowest BCUT2D eigenvalue weighted by Gasteiger charge is -2.16. The minimum Gasteiger partial charge on any atom is -0.492 e. The van der Waals surface area contributed by atoms with E-state index in [9.17, 15) is 9.50 Å². The Kier molecular flexibility index (Phi) is 4.86. The number of aliphatic hydroxyl groups is 1. The molecule has 0 bridgehead atoms. The van der Waals surface area contributed by atoms with E-state index in [2.05, 4.69) is 0 Å². The van der Waals surface area contributed by atoms with Gasteiger partial charge in [0.1, 0.15) is 17.7 Å². The van der Waals surface area contributed by atoms with E-state index in [1.165, 1.54) is 24.3 Å². The van der Waals surface area contributed by atoms with Crippen molar-refractivity contribution in [2.24, 2.45) is 0 Å². The maximum absolute atomic E-state index is 13.7. The lowest BCUT2D eigenvalue weighted by Crippen LogP contribution is -2.04. The Labute approximate surface area is 126 Å². The van der Waals surface area contributed by atoms with Gasteiger partial charge in [0.2, 0.25) is 0 Å². The summed E-state index contributed by atoms with van der Waals surface area (Å²) in [6, 6.07) is 8.99. The molecular formula is C15H13Cl2FO2. The van der Waals surface area contributed by atoms with Gasteiger partial charge in [0.15, 0.2) is 0 Å². The molecule has 1 unspecified atom stereocenters. The number of halogens is 3. The molecule has 2 nitrogen and oxygen atoms in total. The van der Waals surface area contributed by atoms with Crippen LogP contribution in [0.15, 0.2) is 36.4 Å². The smallest absolute Gasteiger partial charge is 0.139 e. The number of hydrogen-bond donors (Lipinski definition) is 1. The van der Waals surface area contributed by atoms with Crippen LogP contribution in [0, 0.1) is 5.82 Å². The summed E-state index contributed by atoms with van der Waals surface area (Å²) in [4.78, 5) is 0. The second-order valence-corrected chi connectivity index (χ2v) is 4.98. The summed E-state index contributed by atoms with van der Waals surface area (Å²) in [5.74, 6) is -0.0651. The molecule has 0 saturated carbocycles. The molecule has 0 amide bonds. The highest BCUT2D eigenvalue weighted by Gasteiger charge is 2.19. The summed E-state index contributed by atoms with van der Waals surface area (Å²) in [5.41, 5.74) is 0.486. The zero-order valence-corrected chi connectivity index (χ0v) is 12.2. The molecule has 0 radical (unpaired) electrons. The number of ether oxygens (including phenoxy) is 1. The summed E-state index contributed by atoms with van der Waals surface area (Å²) >= 11 is 12.2. The van der Waals surface area contributed by atoms with Crippen LogP contribution in [-0.2, 0) is 0 Å². The second kappa shape index (κ2) is 6.44. The van der Waals surface area contributed by atoms with Gasteiger partial charge in [-0.3, -0.25) is 0 Å². The fraction of sp³-hybridized carbons (Fsp3) is 0.200. The molecule has 0 saturated heterocycles. The quantitative estimate of drug-likeness (QED) is 0.892. The molecule has 20 heavy (non-hydrogen) atoms. The molecule has 0 aliphatic rings. The Hall–Kier alpha value is -1.29. The number of rotatable bonds is 4. The molecule has 0 aliphatic carbocycles. The summed E-state index contributed by atoms with van der Waals surface area (Å²) in [6.45, 7) is 2.28. The van der Waals surface area contributed by atoms with E-state index in [1.807, 2.05) is 6.92 Å². The van der Waals surface area contributed by atoms with Gasteiger partial charge in [-0.1, -0.05) is 41.4 Å². The fourth-order valence-electron chi connectivity index (χ4n) is 1.88. The maximum atomic E-state index is 13.7. The molecule has 1 N–H and O–H groups in total. The maximum Gasteiger partial charge on any atom is 0.139 e. The van der Waals surface area contributed by atoms with Gasteiger partial charge in [0.05, 0.1) is 16.7 Å². The van der Waals surface area contributed by atoms with Crippen LogP contribution in [0.25, 0.3) is 0 Å². The monoisotopic (exact) mass is 314 g/mol. The highest BCUT2D eigenvalue weighted by molar-refractivity contribution is 6.34. The zero-order chi connectivity index (χ0) is 14.7. The molecule has 1 atom stereocenters. The lowest BCUT2D eigenvalue weighted by atomic mass is 10.0. The SMILES string of the molecule is CCOc1cc(Cl)c(C(O)c2ccccc2F)cc1Cl. The molecule has 106 valence electrons. The molecule has 2 aromatic carbocycles. The van der Waals surface area contributed by atoms with E-state index in [1.54, 1.807) is 12.1 Å². The van der Waals surface area contributed by atoms with Crippen LogP contribution in [0.5, 0.6) is 5.75 Å². The molecule has 5 heteroatoms. The van der Waals surface area contributed by atoms with E-state index in [4.69, 9.17) is 27.9 Å². The van der Waals surface area contributed by atoms with Crippen molar-refractivity contribution >= 4 is 23.2 Å². The van der Waals surface area contributed by atoms with Gasteiger partial charge in [-0.15, -0.1) is 0 Å². The average molecular weight is 315 g/mol. The van der Waals surface area contributed by atoms with Gasteiger partial charge in [-0.05, 0) is 19.1 Å². The third-order valence-corrected chi connectivity index (χ3v) is 3.47. The molecule has 2 rings (SSSR count). The van der Waals surface area contributed by atoms with Crippen molar-refractivity contribution in [3.8, 4) is 5.75 Å². The molecule has 0 aliphatic heterocycles. The Morgan fingerprint density at radius 2 is 1.85 bits per heavy atom. The van der Waals surface area contributed by atoms with Crippen LogP contribution in [0.3, 0.4) is 0 Å². The Morgan fingerprint density at radius 1 is 1.15 bits per heavy atom. The molecule has 0 aromatic heterocycles. The van der Waals surface area contributed by atoms with Crippen molar-refractivity contribution in [2.45, 2.75) is 13.0 Å². The highest BCUT2D eigenvalue weighted by Crippen LogP contribution is 2.36. The van der Waals surface area contributed by atoms with Crippen LogP contribution in [0.1, 0.15) is 24.2 Å². The number of hydrogen-bond acceptors (Lipinski definition) is 2. The van der Waals surface area contributed by atoms with Gasteiger partial charge in [0, 0.05) is 17.2 Å². The van der Waals surface area contributed by atoms with Crippen LogP contribution < -0.4 is 4.74 Å². The first-order chi connectivity index (χ1) is 9.54. The summed E-state index contributed by atoms with van der Waals surface area (Å²) in [5, 5.41) is 10.9. The molecule has 0 spiro atoms. The topological polar surface area (TPSA) is 29.5 Å². The number of aliphatic hydroxyl groups excluding tert-OH is 1. The standard InChI is InChI=1S/C15H13Cl2FO2/c1-2-20-14-8-11(16)10(7-12(14)17)15(19)9-5-3-4-6-13(9)18/h3-8,15,19H,2H2,1H3. The predicted molar refractivity (Wildman–Crippen MR) is 78.1 cm³/mol. The van der Waals surface area contributed by atoms with Crippen molar-refractivity contribution in [2.75, 3.05) is 6.61 Å². The predicted octanol–water partition coefficient (Wildman–Crippen LogP) is 4.61. The first kappa shape index (κ1) is 15.1. The minimum atomic E-state index is -1.18. The molecule has 0 heterocycles. The first-order valence-corrected chi connectivity index (χ1v) is 6.84. The van der Waals surface area contributed by atoms with Crippen LogP contribution in [0.2, 0.25) is 10.0 Å². The van der Waals surface area contributed by atoms with Crippen LogP contribution in [-0.4, -0.2) is 11.7 Å². The summed E-state index contributed by atoms with van der Waals surface area (Å²) in [7, 11) is 0. The molecular weight excluding hydrogens is 302 g/mol. The summed E-state index contributed by atoms with van der Waals surface area (Å²) < 4.78 is 19.0. The highest BCUT2D eigenvalue weighted by atomic mass is 35.5. The second-order valence-electron chi connectivity index (χ2n) is 4.16. The van der Waals surface area contributed by atoms with Crippen molar-refractivity contribution in [3.63, 3.8) is 0 Å². The van der Waals surface area contributed by atoms with E-state index in [-0.39, 0.29) is 10.6 Å². The van der Waals surface area contributed by atoms with E-state index < -0.39 is 11.9 Å². The molecule has 2 aromatic rings. The molecule has 0 fully saturated rings. The normalized spacial score (nSPS) is 12.2. The van der Waals surface area contributed by atoms with Gasteiger partial charge in [-0.2, -0.15) is 0 Å². The lowest BCUT2D eigenvalue weighted by molar-refractivity contribution is 0.215. The van der Waals surface area contributed by atoms with Crippen LogP contribution >= 0.6 is 23.2 Å². The largest absolute Gasteiger partial charge is 0.492 e. The Balaban J connectivity index is 2.43. The van der Waals surface area contributed by atoms with E-state index in [0.717, 1.165) is 0 Å². The van der Waals surface area contributed by atoms with Crippen molar-refractivity contribution in [1.82, 2.24) is 0 Å². The van der Waals surface area contributed by atoms with E-state index >= 15 is 0 Å². The van der Waals surface area contributed by atoms with Crippen molar-refractivity contribution < 1.29 is 14.2 Å². The van der Waals surface area contributed by atoms with Gasteiger partial charge in [0.25, 0.3) is 0 Å². The van der Waals surface area contributed by atoms with Crippen LogP contribution in [0.4, 0.5) is 4.39 Å². The van der Waals surface area contributed by atoms with Gasteiger partial charge < -0.3 is 9.84 Å². The Morgan fingerprint density at radius 3 is 2.50 bits per heavy atom. The van der Waals surface area contributed by atoms with Gasteiger partial charge in [-0.25, -0.2) is 4.39 Å². The zero-order valence-electron chi connectivity index (χ0n) is 10.7. The minimum absolute atomic E-state index is 0.148. The third-order valence-electron chi connectivity index (χ3n) is 2.85. The van der Waals surface area contributed by atoms with Crippen molar-refractivity contribution in [1.29, 1.82) is 0 Å². The summed E-state index contributed by atoms with van der Waals surface area (Å²) in [6.07, 6.45) is -1.18. The fourth-order valence-corrected chi connectivity index (χ4v) is 2.37. The average Bonchev–Trinajstić information content (AvgIpc) is 2.42. The van der Waals surface area contributed by atoms with E-state index in [0.29, 0.717) is 22.9 Å². The Bertz CT molecular complexity index is 617. The first-order valence-electron chi connectivity index (χ1n) is 6.08. The van der Waals surface area contributed by atoms with Crippen molar-refractivity contribution in [3.05, 3.63) is 63.4 Å². The number of benzene rings is 2.